The predicted molar refractivity (Wildman–Crippen MR) is 103 cm³/mol. The monoisotopic (exact) mass is 346 g/mol. The first-order chi connectivity index (χ1) is 12.5. The van der Waals surface area contributed by atoms with Crippen LogP contribution in [0.1, 0.15) is 40.9 Å². The van der Waals surface area contributed by atoms with E-state index in [2.05, 4.69) is 53.2 Å². The summed E-state index contributed by atoms with van der Waals surface area (Å²) in [5.41, 5.74) is 4.45. The molecule has 5 nitrogen and oxygen atoms in total. The van der Waals surface area contributed by atoms with Crippen molar-refractivity contribution in [2.75, 3.05) is 5.32 Å². The zero-order valence-electron chi connectivity index (χ0n) is 15.2. The molecule has 0 aliphatic carbocycles. The molecule has 1 aromatic carbocycles. The van der Waals surface area contributed by atoms with Gasteiger partial charge in [-0.3, -0.25) is 9.78 Å². The molecule has 0 spiro atoms. The van der Waals surface area contributed by atoms with Crippen molar-refractivity contribution in [2.24, 2.45) is 5.92 Å². The van der Waals surface area contributed by atoms with Crippen LogP contribution in [0, 0.1) is 12.8 Å². The Morgan fingerprint density at radius 2 is 1.73 bits per heavy atom. The number of aromatic nitrogens is 3. The van der Waals surface area contributed by atoms with E-state index in [1.165, 1.54) is 5.56 Å². The SMILES string of the molecule is Cc1cc(CC(C)C)ccc1Nc1ncc(C(=O)c2ccncc2)cn1. The lowest BCUT2D eigenvalue weighted by atomic mass is 10.0. The third-order valence-electron chi connectivity index (χ3n) is 4.04. The molecule has 132 valence electrons. The number of pyridine rings is 1. The molecule has 0 saturated carbocycles. The Morgan fingerprint density at radius 3 is 2.35 bits per heavy atom. The maximum absolute atomic E-state index is 12.4. The Balaban J connectivity index is 1.72. The Bertz CT molecular complexity index is 890. The lowest BCUT2D eigenvalue weighted by Gasteiger charge is -2.11. The number of benzene rings is 1. The van der Waals surface area contributed by atoms with Gasteiger partial charge in [0, 0.05) is 36.0 Å². The average Bonchev–Trinajstić information content (AvgIpc) is 2.64. The summed E-state index contributed by atoms with van der Waals surface area (Å²) >= 11 is 0. The molecule has 1 N–H and O–H groups in total. The highest BCUT2D eigenvalue weighted by molar-refractivity contribution is 6.08. The van der Waals surface area contributed by atoms with Gasteiger partial charge in [-0.2, -0.15) is 0 Å². The largest absolute Gasteiger partial charge is 0.324 e. The van der Waals surface area contributed by atoms with Crippen LogP contribution in [0.4, 0.5) is 11.6 Å². The van der Waals surface area contributed by atoms with Crippen LogP contribution in [0.15, 0.2) is 55.1 Å². The van der Waals surface area contributed by atoms with E-state index >= 15 is 0 Å². The van der Waals surface area contributed by atoms with E-state index in [-0.39, 0.29) is 5.78 Å². The number of nitrogens with one attached hydrogen (secondary N) is 1. The van der Waals surface area contributed by atoms with Gasteiger partial charge in [0.25, 0.3) is 0 Å². The van der Waals surface area contributed by atoms with Crippen molar-refractivity contribution in [3.63, 3.8) is 0 Å². The van der Waals surface area contributed by atoms with Crippen molar-refractivity contribution < 1.29 is 4.79 Å². The number of nitrogens with zero attached hydrogens (tertiary/aromatic N) is 3. The number of aryl methyl sites for hydroxylation is 1. The van der Waals surface area contributed by atoms with Crippen molar-refractivity contribution in [3.05, 3.63) is 77.4 Å². The van der Waals surface area contributed by atoms with Gasteiger partial charge in [0.15, 0.2) is 5.78 Å². The minimum Gasteiger partial charge on any atom is -0.324 e. The topological polar surface area (TPSA) is 67.8 Å². The van der Waals surface area contributed by atoms with Crippen LogP contribution in [-0.2, 0) is 6.42 Å². The highest BCUT2D eigenvalue weighted by Crippen LogP contribution is 2.21. The molecule has 0 saturated heterocycles. The summed E-state index contributed by atoms with van der Waals surface area (Å²) in [6.07, 6.45) is 7.33. The second-order valence-corrected chi connectivity index (χ2v) is 6.73. The average molecular weight is 346 g/mol. The van der Waals surface area contributed by atoms with Gasteiger partial charge in [-0.15, -0.1) is 0 Å². The minimum atomic E-state index is -0.117. The zero-order chi connectivity index (χ0) is 18.5. The van der Waals surface area contributed by atoms with E-state index in [1.54, 1.807) is 36.9 Å². The van der Waals surface area contributed by atoms with Crippen LogP contribution < -0.4 is 5.32 Å². The molecule has 3 rings (SSSR count). The third-order valence-corrected chi connectivity index (χ3v) is 4.04. The molecule has 0 aliphatic heterocycles. The zero-order valence-corrected chi connectivity index (χ0v) is 15.2. The summed E-state index contributed by atoms with van der Waals surface area (Å²) in [6, 6.07) is 9.71. The number of rotatable bonds is 6. The predicted octanol–water partition coefficient (Wildman–Crippen LogP) is 4.35. The molecule has 5 heteroatoms. The summed E-state index contributed by atoms with van der Waals surface area (Å²) in [5.74, 6) is 0.978. The molecule has 0 radical (unpaired) electrons. The summed E-state index contributed by atoms with van der Waals surface area (Å²) in [5, 5.41) is 3.22. The highest BCUT2D eigenvalue weighted by Gasteiger charge is 2.10. The number of anilines is 2. The fourth-order valence-electron chi connectivity index (χ4n) is 2.76. The van der Waals surface area contributed by atoms with Crippen LogP contribution in [-0.4, -0.2) is 20.7 Å². The standard InChI is InChI=1S/C21H22N4O/c1-14(2)10-16-4-5-19(15(3)11-16)25-21-23-12-18(13-24-21)20(26)17-6-8-22-9-7-17/h4-9,11-14H,10H2,1-3H3,(H,23,24,25). The second kappa shape index (κ2) is 7.87. The summed E-state index contributed by atoms with van der Waals surface area (Å²) in [7, 11) is 0. The molecule has 0 amide bonds. The van der Waals surface area contributed by atoms with Crippen LogP contribution in [0.2, 0.25) is 0 Å². The maximum atomic E-state index is 12.4. The molecule has 0 fully saturated rings. The molecule has 3 aromatic rings. The molecule has 0 aliphatic rings. The molecule has 0 atom stereocenters. The number of ketones is 1. The van der Waals surface area contributed by atoms with Crippen molar-refractivity contribution in [3.8, 4) is 0 Å². The quantitative estimate of drug-likeness (QED) is 0.672. The van der Waals surface area contributed by atoms with Crippen LogP contribution >= 0.6 is 0 Å². The maximum Gasteiger partial charge on any atom is 0.227 e. The first-order valence-electron chi connectivity index (χ1n) is 8.66. The summed E-state index contributed by atoms with van der Waals surface area (Å²) < 4.78 is 0. The summed E-state index contributed by atoms with van der Waals surface area (Å²) in [6.45, 7) is 6.49. The Morgan fingerprint density at radius 1 is 1.04 bits per heavy atom. The molecule has 2 heterocycles. The number of hydrogen-bond acceptors (Lipinski definition) is 5. The third kappa shape index (κ3) is 4.30. The van der Waals surface area contributed by atoms with E-state index in [1.807, 2.05) is 6.07 Å². The highest BCUT2D eigenvalue weighted by atomic mass is 16.1. The van der Waals surface area contributed by atoms with E-state index in [0.29, 0.717) is 23.0 Å². The van der Waals surface area contributed by atoms with Gasteiger partial charge in [-0.1, -0.05) is 26.0 Å². The summed E-state index contributed by atoms with van der Waals surface area (Å²) in [4.78, 5) is 24.8. The minimum absolute atomic E-state index is 0.117. The van der Waals surface area contributed by atoms with Crippen molar-refractivity contribution in [1.82, 2.24) is 15.0 Å². The fourth-order valence-corrected chi connectivity index (χ4v) is 2.76. The van der Waals surface area contributed by atoms with E-state index in [0.717, 1.165) is 17.7 Å². The lowest BCUT2D eigenvalue weighted by molar-refractivity contribution is 0.103. The van der Waals surface area contributed by atoms with Gasteiger partial charge >= 0.3 is 0 Å². The van der Waals surface area contributed by atoms with Crippen molar-refractivity contribution in [1.29, 1.82) is 0 Å². The molecule has 0 bridgehead atoms. The van der Waals surface area contributed by atoms with E-state index in [4.69, 9.17) is 0 Å². The number of hydrogen-bond donors (Lipinski definition) is 1. The van der Waals surface area contributed by atoms with Crippen molar-refractivity contribution in [2.45, 2.75) is 27.2 Å². The molecule has 26 heavy (non-hydrogen) atoms. The van der Waals surface area contributed by atoms with E-state index < -0.39 is 0 Å². The molecule has 2 aromatic heterocycles. The smallest absolute Gasteiger partial charge is 0.227 e. The lowest BCUT2D eigenvalue weighted by Crippen LogP contribution is -2.05. The van der Waals surface area contributed by atoms with Crippen LogP contribution in [0.3, 0.4) is 0 Å². The second-order valence-electron chi connectivity index (χ2n) is 6.73. The van der Waals surface area contributed by atoms with Gasteiger partial charge in [-0.05, 0) is 48.6 Å². The number of carbonyl (C=O) groups excluding carboxylic acids is 1. The van der Waals surface area contributed by atoms with Crippen molar-refractivity contribution >= 4 is 17.4 Å². The normalized spacial score (nSPS) is 10.8. The molecule has 0 unspecified atom stereocenters. The van der Waals surface area contributed by atoms with Gasteiger partial charge in [0.2, 0.25) is 5.95 Å². The van der Waals surface area contributed by atoms with Crippen LogP contribution in [0.5, 0.6) is 0 Å². The molecular formula is C21H22N4O. The van der Waals surface area contributed by atoms with E-state index in [9.17, 15) is 4.79 Å². The van der Waals surface area contributed by atoms with Gasteiger partial charge < -0.3 is 5.32 Å². The Kier molecular flexibility index (Phi) is 5.37. The fraction of sp³-hybridized carbons (Fsp3) is 0.238. The Labute approximate surface area is 153 Å². The van der Waals surface area contributed by atoms with Gasteiger partial charge in [-0.25, -0.2) is 9.97 Å². The van der Waals surface area contributed by atoms with Gasteiger partial charge in [0.1, 0.15) is 0 Å². The molecular weight excluding hydrogens is 324 g/mol. The Hall–Kier alpha value is -3.08. The first kappa shape index (κ1) is 17.7. The first-order valence-corrected chi connectivity index (χ1v) is 8.66. The van der Waals surface area contributed by atoms with Crippen LogP contribution in [0.25, 0.3) is 0 Å². The van der Waals surface area contributed by atoms with Gasteiger partial charge in [0.05, 0.1) is 5.56 Å². The number of carbonyl (C=O) groups is 1.